The largest absolute Gasteiger partial charge is 0.497 e. The van der Waals surface area contributed by atoms with E-state index in [-0.39, 0.29) is 18.7 Å². The van der Waals surface area contributed by atoms with Crippen LogP contribution >= 0.6 is 0 Å². The number of aromatic nitrogens is 2. The summed E-state index contributed by atoms with van der Waals surface area (Å²) in [7, 11) is 3.01. The SMILES string of the molecule is COc1cc(OC)cc(C(=O)OCCn2cnc3ccccc3c2=O)c1. The van der Waals surface area contributed by atoms with E-state index in [1.54, 1.807) is 36.4 Å². The maximum atomic E-state index is 12.4. The van der Waals surface area contributed by atoms with Gasteiger partial charge in [0, 0.05) is 6.07 Å². The summed E-state index contributed by atoms with van der Waals surface area (Å²) in [6.07, 6.45) is 1.45. The lowest BCUT2D eigenvalue weighted by Crippen LogP contribution is -2.23. The summed E-state index contributed by atoms with van der Waals surface area (Å²) in [6, 6.07) is 11.9. The number of hydrogen-bond acceptors (Lipinski definition) is 6. The summed E-state index contributed by atoms with van der Waals surface area (Å²) >= 11 is 0. The van der Waals surface area contributed by atoms with Crippen molar-refractivity contribution < 1.29 is 19.0 Å². The van der Waals surface area contributed by atoms with E-state index in [4.69, 9.17) is 14.2 Å². The highest BCUT2D eigenvalue weighted by molar-refractivity contribution is 5.90. The molecule has 0 N–H and O–H groups in total. The molecule has 1 aromatic heterocycles. The third kappa shape index (κ3) is 3.66. The van der Waals surface area contributed by atoms with Gasteiger partial charge in [0.05, 0.1) is 43.6 Å². The molecule has 0 aliphatic rings. The molecule has 0 amide bonds. The molecule has 0 aliphatic heterocycles. The van der Waals surface area contributed by atoms with Gasteiger partial charge >= 0.3 is 5.97 Å². The van der Waals surface area contributed by atoms with E-state index < -0.39 is 5.97 Å². The third-order valence-electron chi connectivity index (χ3n) is 3.88. The summed E-state index contributed by atoms with van der Waals surface area (Å²) in [5.74, 6) is 0.460. The number of nitrogens with zero attached hydrogens (tertiary/aromatic N) is 2. The van der Waals surface area contributed by atoms with Crippen molar-refractivity contribution in [3.63, 3.8) is 0 Å². The van der Waals surface area contributed by atoms with E-state index in [9.17, 15) is 9.59 Å². The number of fused-ring (bicyclic) bond motifs is 1. The number of carbonyl (C=O) groups is 1. The second kappa shape index (κ2) is 7.69. The minimum atomic E-state index is -0.524. The van der Waals surface area contributed by atoms with E-state index >= 15 is 0 Å². The quantitative estimate of drug-likeness (QED) is 0.632. The average Bonchev–Trinajstić information content (AvgIpc) is 2.69. The molecule has 2 aromatic carbocycles. The maximum absolute atomic E-state index is 12.4. The molecule has 0 unspecified atom stereocenters. The number of esters is 1. The van der Waals surface area contributed by atoms with Crippen molar-refractivity contribution in [2.45, 2.75) is 6.54 Å². The Morgan fingerprint density at radius 1 is 1.08 bits per heavy atom. The van der Waals surface area contributed by atoms with Crippen LogP contribution in [0, 0.1) is 0 Å². The van der Waals surface area contributed by atoms with Gasteiger partial charge in [-0.25, -0.2) is 9.78 Å². The Hall–Kier alpha value is -3.35. The molecule has 134 valence electrons. The van der Waals surface area contributed by atoms with Crippen LogP contribution in [0.1, 0.15) is 10.4 Å². The van der Waals surface area contributed by atoms with Crippen LogP contribution in [0.15, 0.2) is 53.6 Å². The summed E-state index contributed by atoms with van der Waals surface area (Å²) in [5.41, 5.74) is 0.772. The Bertz CT molecular complexity index is 974. The van der Waals surface area contributed by atoms with Gasteiger partial charge in [0.1, 0.15) is 18.1 Å². The highest BCUT2D eigenvalue weighted by Crippen LogP contribution is 2.22. The van der Waals surface area contributed by atoms with Crippen molar-refractivity contribution >= 4 is 16.9 Å². The first-order valence-electron chi connectivity index (χ1n) is 7.97. The van der Waals surface area contributed by atoms with Gasteiger partial charge in [-0.05, 0) is 24.3 Å². The molecule has 3 aromatic rings. The number of para-hydroxylation sites is 1. The molecule has 0 atom stereocenters. The first-order valence-corrected chi connectivity index (χ1v) is 7.97. The van der Waals surface area contributed by atoms with Crippen LogP contribution < -0.4 is 15.0 Å². The van der Waals surface area contributed by atoms with E-state index in [0.29, 0.717) is 28.0 Å². The zero-order valence-corrected chi connectivity index (χ0v) is 14.5. The number of ether oxygens (including phenoxy) is 3. The Morgan fingerprint density at radius 3 is 2.46 bits per heavy atom. The minimum absolute atomic E-state index is 0.0400. The number of hydrogen-bond donors (Lipinski definition) is 0. The lowest BCUT2D eigenvalue weighted by atomic mass is 10.2. The predicted octanol–water partition coefficient (Wildman–Crippen LogP) is 2.27. The van der Waals surface area contributed by atoms with Gasteiger partial charge in [-0.1, -0.05) is 12.1 Å². The van der Waals surface area contributed by atoms with Crippen molar-refractivity contribution in [3.05, 3.63) is 64.7 Å². The van der Waals surface area contributed by atoms with Gasteiger partial charge in [-0.2, -0.15) is 0 Å². The molecular weight excluding hydrogens is 336 g/mol. The molecule has 0 aliphatic carbocycles. The zero-order chi connectivity index (χ0) is 18.5. The monoisotopic (exact) mass is 354 g/mol. The molecule has 3 rings (SSSR count). The standard InChI is InChI=1S/C19H18N2O5/c1-24-14-9-13(10-15(11-14)25-2)19(23)26-8-7-21-12-20-17-6-4-3-5-16(17)18(21)22/h3-6,9-12H,7-8H2,1-2H3. The molecule has 0 saturated heterocycles. The maximum Gasteiger partial charge on any atom is 0.338 e. The van der Waals surface area contributed by atoms with Crippen LogP contribution in [-0.2, 0) is 11.3 Å². The van der Waals surface area contributed by atoms with Crippen molar-refractivity contribution in [1.29, 1.82) is 0 Å². The Balaban J connectivity index is 1.69. The van der Waals surface area contributed by atoms with Crippen molar-refractivity contribution in [1.82, 2.24) is 9.55 Å². The van der Waals surface area contributed by atoms with E-state index in [2.05, 4.69) is 4.98 Å². The second-order valence-electron chi connectivity index (χ2n) is 5.50. The fraction of sp³-hybridized carbons (Fsp3) is 0.211. The predicted molar refractivity (Wildman–Crippen MR) is 95.8 cm³/mol. The van der Waals surface area contributed by atoms with Gasteiger partial charge in [-0.15, -0.1) is 0 Å². The van der Waals surface area contributed by atoms with Gasteiger partial charge < -0.3 is 14.2 Å². The third-order valence-corrected chi connectivity index (χ3v) is 3.88. The molecule has 26 heavy (non-hydrogen) atoms. The van der Waals surface area contributed by atoms with E-state index in [1.807, 2.05) is 6.07 Å². The van der Waals surface area contributed by atoms with Crippen LogP contribution in [0.5, 0.6) is 11.5 Å². The van der Waals surface area contributed by atoms with Gasteiger partial charge in [0.15, 0.2) is 0 Å². The molecule has 0 saturated carbocycles. The normalized spacial score (nSPS) is 10.5. The second-order valence-corrected chi connectivity index (χ2v) is 5.50. The first-order chi connectivity index (χ1) is 12.6. The highest BCUT2D eigenvalue weighted by Gasteiger charge is 2.12. The molecular formula is C19H18N2O5. The molecule has 1 heterocycles. The number of methoxy groups -OCH3 is 2. The summed E-state index contributed by atoms with van der Waals surface area (Å²) in [4.78, 5) is 28.9. The lowest BCUT2D eigenvalue weighted by Gasteiger charge is -2.10. The van der Waals surface area contributed by atoms with Crippen molar-refractivity contribution in [3.8, 4) is 11.5 Å². The lowest BCUT2D eigenvalue weighted by molar-refractivity contribution is 0.0489. The topological polar surface area (TPSA) is 79.7 Å². The van der Waals surface area contributed by atoms with Gasteiger partial charge in [-0.3, -0.25) is 9.36 Å². The highest BCUT2D eigenvalue weighted by atomic mass is 16.5. The number of rotatable bonds is 6. The van der Waals surface area contributed by atoms with Crippen LogP contribution in [-0.4, -0.2) is 36.3 Å². The summed E-state index contributed by atoms with van der Waals surface area (Å²) in [5, 5.41) is 0.527. The van der Waals surface area contributed by atoms with Crippen molar-refractivity contribution in [2.75, 3.05) is 20.8 Å². The molecule has 0 spiro atoms. The Morgan fingerprint density at radius 2 is 1.77 bits per heavy atom. The van der Waals surface area contributed by atoms with Crippen LogP contribution in [0.25, 0.3) is 10.9 Å². The molecule has 0 radical (unpaired) electrons. The van der Waals surface area contributed by atoms with Crippen LogP contribution in [0.4, 0.5) is 0 Å². The van der Waals surface area contributed by atoms with Crippen LogP contribution in [0.3, 0.4) is 0 Å². The Labute approximate surface area is 149 Å². The van der Waals surface area contributed by atoms with E-state index in [1.165, 1.54) is 25.1 Å². The minimum Gasteiger partial charge on any atom is -0.497 e. The Kier molecular flexibility index (Phi) is 5.17. The fourth-order valence-corrected chi connectivity index (χ4v) is 2.51. The van der Waals surface area contributed by atoms with Gasteiger partial charge in [0.2, 0.25) is 0 Å². The smallest absolute Gasteiger partial charge is 0.338 e. The van der Waals surface area contributed by atoms with Crippen LogP contribution in [0.2, 0.25) is 0 Å². The molecule has 7 nitrogen and oxygen atoms in total. The molecule has 0 bridgehead atoms. The first kappa shape index (κ1) is 17.5. The van der Waals surface area contributed by atoms with Gasteiger partial charge in [0.25, 0.3) is 5.56 Å². The van der Waals surface area contributed by atoms with E-state index in [0.717, 1.165) is 0 Å². The summed E-state index contributed by atoms with van der Waals surface area (Å²) in [6.45, 7) is 0.252. The molecule has 7 heteroatoms. The summed E-state index contributed by atoms with van der Waals surface area (Å²) < 4.78 is 17.0. The zero-order valence-electron chi connectivity index (χ0n) is 14.5. The van der Waals surface area contributed by atoms with Crippen molar-refractivity contribution in [2.24, 2.45) is 0 Å². The fourth-order valence-electron chi connectivity index (χ4n) is 2.51. The molecule has 0 fully saturated rings. The number of carbonyl (C=O) groups excluding carboxylic acids is 1. The average molecular weight is 354 g/mol. The number of benzene rings is 2.